The van der Waals surface area contributed by atoms with Crippen molar-refractivity contribution in [2.24, 2.45) is 11.8 Å². The second-order valence-corrected chi connectivity index (χ2v) is 5.67. The second-order valence-electron chi connectivity index (χ2n) is 5.67. The van der Waals surface area contributed by atoms with E-state index in [1.807, 2.05) is 19.9 Å². The van der Waals surface area contributed by atoms with E-state index in [4.69, 9.17) is 9.47 Å². The number of tetrazole rings is 1. The Labute approximate surface area is 132 Å². The third-order valence-electron chi connectivity index (χ3n) is 4.26. The number of carbonyl (C=O) groups excluding carboxylic acids is 1. The largest absolute Gasteiger partial charge is 0.453 e. The van der Waals surface area contributed by atoms with Crippen molar-refractivity contribution >= 4 is 5.97 Å². The fraction of sp³-hybridized carbons (Fsp3) is 0.467. The van der Waals surface area contributed by atoms with Crippen LogP contribution in [0.1, 0.15) is 36.1 Å². The quantitative estimate of drug-likeness (QED) is 0.815. The van der Waals surface area contributed by atoms with Crippen LogP contribution in [0.5, 0.6) is 0 Å². The monoisotopic (exact) mass is 318 g/mol. The van der Waals surface area contributed by atoms with E-state index in [9.17, 15) is 9.90 Å². The Bertz CT molecular complexity index is 649. The van der Waals surface area contributed by atoms with Crippen LogP contribution in [0.2, 0.25) is 0 Å². The van der Waals surface area contributed by atoms with E-state index in [0.29, 0.717) is 11.4 Å². The fourth-order valence-electron chi connectivity index (χ4n) is 2.70. The van der Waals surface area contributed by atoms with Gasteiger partial charge < -0.3 is 14.6 Å². The average Bonchev–Trinajstić information content (AvgIpc) is 3.10. The van der Waals surface area contributed by atoms with Gasteiger partial charge in [-0.2, -0.15) is 5.21 Å². The van der Waals surface area contributed by atoms with Crippen LogP contribution in [0, 0.1) is 11.8 Å². The van der Waals surface area contributed by atoms with Gasteiger partial charge in [0.25, 0.3) is 0 Å². The number of aliphatic hydroxyl groups excluding tert-OH is 1. The standard InChI is InChI=1S/C15H18N4O4/c1-8-9(2)12(23-14(20)10-6-4-3-5-7-10)15(21)22-11(8)13-16-18-19-17-13/h3-9,11-12,15,21H,1-2H3,(H,16,17,18,19)/t8-,9-,11?,12?,15?/m0/s1. The highest BCUT2D eigenvalue weighted by molar-refractivity contribution is 5.89. The molecule has 1 aliphatic rings. The number of aromatic amines is 1. The zero-order chi connectivity index (χ0) is 16.4. The summed E-state index contributed by atoms with van der Waals surface area (Å²) in [5.41, 5.74) is 0.430. The highest BCUT2D eigenvalue weighted by Gasteiger charge is 2.45. The van der Waals surface area contributed by atoms with E-state index < -0.39 is 24.5 Å². The van der Waals surface area contributed by atoms with Gasteiger partial charge in [-0.1, -0.05) is 37.3 Å². The van der Waals surface area contributed by atoms with Gasteiger partial charge >= 0.3 is 5.97 Å². The molecule has 2 aromatic rings. The summed E-state index contributed by atoms with van der Waals surface area (Å²) < 4.78 is 11.0. The summed E-state index contributed by atoms with van der Waals surface area (Å²) in [4.78, 5) is 12.2. The summed E-state index contributed by atoms with van der Waals surface area (Å²) in [7, 11) is 0. The molecule has 8 nitrogen and oxygen atoms in total. The Balaban J connectivity index is 1.73. The summed E-state index contributed by atoms with van der Waals surface area (Å²) >= 11 is 0. The van der Waals surface area contributed by atoms with Crippen LogP contribution in [-0.2, 0) is 9.47 Å². The highest BCUT2D eigenvalue weighted by atomic mass is 16.7. The van der Waals surface area contributed by atoms with E-state index in [0.717, 1.165) is 0 Å². The third-order valence-corrected chi connectivity index (χ3v) is 4.26. The average molecular weight is 318 g/mol. The van der Waals surface area contributed by atoms with Crippen molar-refractivity contribution in [3.63, 3.8) is 0 Å². The predicted octanol–water partition coefficient (Wildman–Crippen LogP) is 1.09. The van der Waals surface area contributed by atoms with E-state index in [1.54, 1.807) is 24.3 Å². The first kappa shape index (κ1) is 15.6. The molecule has 2 N–H and O–H groups in total. The zero-order valence-electron chi connectivity index (χ0n) is 12.8. The van der Waals surface area contributed by atoms with Crippen molar-refractivity contribution in [2.75, 3.05) is 0 Å². The summed E-state index contributed by atoms with van der Waals surface area (Å²) in [5, 5.41) is 23.9. The van der Waals surface area contributed by atoms with Gasteiger partial charge in [-0.15, -0.1) is 10.2 Å². The van der Waals surface area contributed by atoms with Gasteiger partial charge in [0.15, 0.2) is 12.4 Å². The number of hydrogen-bond donors (Lipinski definition) is 2. The molecule has 3 rings (SSSR count). The lowest BCUT2D eigenvalue weighted by Crippen LogP contribution is -2.48. The van der Waals surface area contributed by atoms with Crippen LogP contribution in [-0.4, -0.2) is 44.1 Å². The number of esters is 1. The molecule has 1 aliphatic heterocycles. The van der Waals surface area contributed by atoms with Crippen LogP contribution in [0.25, 0.3) is 0 Å². The molecular weight excluding hydrogens is 300 g/mol. The maximum Gasteiger partial charge on any atom is 0.338 e. The van der Waals surface area contributed by atoms with Crippen LogP contribution in [0.15, 0.2) is 30.3 Å². The number of ether oxygens (including phenoxy) is 2. The maximum absolute atomic E-state index is 12.2. The highest BCUT2D eigenvalue weighted by Crippen LogP contribution is 2.39. The number of benzene rings is 1. The molecule has 0 radical (unpaired) electrons. The van der Waals surface area contributed by atoms with Gasteiger partial charge in [0, 0.05) is 5.92 Å². The summed E-state index contributed by atoms with van der Waals surface area (Å²) in [6.45, 7) is 3.83. The molecule has 8 heteroatoms. The number of nitrogens with zero attached hydrogens (tertiary/aromatic N) is 3. The SMILES string of the molecule is C[C@@H]1C(c2nn[nH]n2)OC(O)C(OC(=O)c2ccccc2)[C@H]1C. The van der Waals surface area contributed by atoms with Crippen molar-refractivity contribution in [3.8, 4) is 0 Å². The number of rotatable bonds is 3. The lowest BCUT2D eigenvalue weighted by Gasteiger charge is -2.40. The molecule has 0 bridgehead atoms. The Morgan fingerprint density at radius 2 is 2.00 bits per heavy atom. The lowest BCUT2D eigenvalue weighted by molar-refractivity contribution is -0.253. The fourth-order valence-corrected chi connectivity index (χ4v) is 2.70. The zero-order valence-corrected chi connectivity index (χ0v) is 12.8. The van der Waals surface area contributed by atoms with E-state index >= 15 is 0 Å². The summed E-state index contributed by atoms with van der Waals surface area (Å²) in [6, 6.07) is 8.64. The first-order valence-electron chi connectivity index (χ1n) is 7.41. The molecule has 2 heterocycles. The van der Waals surface area contributed by atoms with E-state index in [2.05, 4.69) is 20.6 Å². The van der Waals surface area contributed by atoms with Crippen LogP contribution < -0.4 is 0 Å². The summed E-state index contributed by atoms with van der Waals surface area (Å²) in [5.74, 6) is -0.328. The molecule has 1 aromatic heterocycles. The molecular formula is C15H18N4O4. The molecule has 122 valence electrons. The number of H-pyrrole nitrogens is 1. The molecule has 1 aromatic carbocycles. The molecule has 0 saturated carbocycles. The Morgan fingerprint density at radius 3 is 2.65 bits per heavy atom. The number of aromatic nitrogens is 4. The van der Waals surface area contributed by atoms with Gasteiger partial charge in [0.05, 0.1) is 5.56 Å². The van der Waals surface area contributed by atoms with Crippen molar-refractivity contribution in [2.45, 2.75) is 32.3 Å². The summed E-state index contributed by atoms with van der Waals surface area (Å²) in [6.07, 6.45) is -2.52. The first-order valence-corrected chi connectivity index (χ1v) is 7.41. The van der Waals surface area contributed by atoms with E-state index in [-0.39, 0.29) is 11.8 Å². The number of nitrogens with one attached hydrogen (secondary N) is 1. The van der Waals surface area contributed by atoms with Crippen LogP contribution in [0.3, 0.4) is 0 Å². The van der Waals surface area contributed by atoms with E-state index in [1.165, 1.54) is 0 Å². The number of aliphatic hydroxyl groups is 1. The second kappa shape index (κ2) is 6.43. The molecule has 23 heavy (non-hydrogen) atoms. The molecule has 1 fully saturated rings. The normalized spacial score (nSPS) is 30.8. The number of carbonyl (C=O) groups is 1. The molecule has 0 spiro atoms. The number of hydrogen-bond acceptors (Lipinski definition) is 7. The topological polar surface area (TPSA) is 110 Å². The van der Waals surface area contributed by atoms with Crippen molar-refractivity contribution in [3.05, 3.63) is 41.7 Å². The van der Waals surface area contributed by atoms with Gasteiger partial charge in [0.1, 0.15) is 6.10 Å². The Morgan fingerprint density at radius 1 is 1.26 bits per heavy atom. The Kier molecular flexibility index (Phi) is 4.35. The maximum atomic E-state index is 12.2. The third kappa shape index (κ3) is 3.08. The van der Waals surface area contributed by atoms with Crippen molar-refractivity contribution in [1.29, 1.82) is 0 Å². The minimum absolute atomic E-state index is 0.0652. The Hall–Kier alpha value is -2.32. The van der Waals surface area contributed by atoms with Gasteiger partial charge in [-0.3, -0.25) is 0 Å². The van der Waals surface area contributed by atoms with Crippen LogP contribution >= 0.6 is 0 Å². The lowest BCUT2D eigenvalue weighted by atomic mass is 9.83. The predicted molar refractivity (Wildman–Crippen MR) is 78.0 cm³/mol. The molecule has 0 amide bonds. The smallest absolute Gasteiger partial charge is 0.338 e. The molecule has 0 aliphatic carbocycles. The molecule has 3 unspecified atom stereocenters. The van der Waals surface area contributed by atoms with Crippen molar-refractivity contribution < 1.29 is 19.4 Å². The minimum Gasteiger partial charge on any atom is -0.453 e. The molecule has 1 saturated heterocycles. The van der Waals surface area contributed by atoms with Gasteiger partial charge in [-0.05, 0) is 18.1 Å². The van der Waals surface area contributed by atoms with Crippen molar-refractivity contribution in [1.82, 2.24) is 20.6 Å². The minimum atomic E-state index is -1.25. The van der Waals surface area contributed by atoms with Crippen LogP contribution in [0.4, 0.5) is 0 Å². The van der Waals surface area contributed by atoms with Gasteiger partial charge in [-0.25, -0.2) is 4.79 Å². The first-order chi connectivity index (χ1) is 11.1. The molecule has 5 atom stereocenters. The van der Waals surface area contributed by atoms with Gasteiger partial charge in [0.2, 0.25) is 5.82 Å².